The number of anilines is 1. The average molecular weight is 255 g/mol. The van der Waals surface area contributed by atoms with Gasteiger partial charge in [-0.3, -0.25) is 4.79 Å². The van der Waals surface area contributed by atoms with Crippen molar-refractivity contribution in [2.24, 2.45) is 0 Å². The van der Waals surface area contributed by atoms with E-state index in [1.807, 2.05) is 30.0 Å². The normalized spacial score (nSPS) is 14.5. The van der Waals surface area contributed by atoms with Gasteiger partial charge in [0.05, 0.1) is 0 Å². The summed E-state index contributed by atoms with van der Waals surface area (Å²) in [5, 5.41) is 3.34. The first-order chi connectivity index (χ1) is 7.83. The van der Waals surface area contributed by atoms with Crippen molar-refractivity contribution in [3.8, 4) is 0 Å². The van der Waals surface area contributed by atoms with E-state index in [9.17, 15) is 4.79 Å². The molecule has 0 unspecified atom stereocenters. The second kappa shape index (κ2) is 6.62. The highest BCUT2D eigenvalue weighted by molar-refractivity contribution is 5.94. The van der Waals surface area contributed by atoms with Gasteiger partial charge in [-0.05, 0) is 18.1 Å². The number of carbonyl (C=O) groups excluding carboxylic acids is 1. The second-order valence-corrected chi connectivity index (χ2v) is 4.10. The number of fused-ring (bicyclic) bond motifs is 1. The van der Waals surface area contributed by atoms with Gasteiger partial charge in [0.1, 0.15) is 0 Å². The summed E-state index contributed by atoms with van der Waals surface area (Å²) < 4.78 is 0. The molecule has 2 rings (SSSR count). The van der Waals surface area contributed by atoms with Crippen molar-refractivity contribution < 1.29 is 4.79 Å². The number of para-hydroxylation sites is 1. The summed E-state index contributed by atoms with van der Waals surface area (Å²) >= 11 is 0. The summed E-state index contributed by atoms with van der Waals surface area (Å²) in [6.45, 7) is 4.53. The van der Waals surface area contributed by atoms with E-state index < -0.39 is 0 Å². The van der Waals surface area contributed by atoms with E-state index in [1.165, 1.54) is 5.56 Å². The number of amides is 1. The van der Waals surface area contributed by atoms with Gasteiger partial charge in [0, 0.05) is 31.7 Å². The topological polar surface area (TPSA) is 32.3 Å². The van der Waals surface area contributed by atoms with Crippen molar-refractivity contribution in [2.45, 2.75) is 26.3 Å². The summed E-state index contributed by atoms with van der Waals surface area (Å²) in [5.74, 6) is 0.235. The molecule has 0 aliphatic carbocycles. The number of halogens is 1. The lowest BCUT2D eigenvalue weighted by molar-refractivity contribution is -0.118. The molecule has 0 radical (unpaired) electrons. The van der Waals surface area contributed by atoms with Crippen LogP contribution in [0.2, 0.25) is 0 Å². The van der Waals surface area contributed by atoms with Gasteiger partial charge in [-0.1, -0.05) is 25.1 Å². The van der Waals surface area contributed by atoms with Gasteiger partial charge in [-0.2, -0.15) is 0 Å². The van der Waals surface area contributed by atoms with Gasteiger partial charge in [-0.15, -0.1) is 12.4 Å². The molecule has 94 valence electrons. The Morgan fingerprint density at radius 3 is 2.94 bits per heavy atom. The minimum atomic E-state index is 0. The molecule has 17 heavy (non-hydrogen) atoms. The average Bonchev–Trinajstić information content (AvgIpc) is 2.51. The Bertz CT molecular complexity index is 381. The molecule has 0 saturated heterocycles. The summed E-state index contributed by atoms with van der Waals surface area (Å²) in [4.78, 5) is 13.9. The molecule has 1 aliphatic rings. The lowest BCUT2D eigenvalue weighted by atomic mass is 10.1. The Morgan fingerprint density at radius 2 is 2.18 bits per heavy atom. The number of rotatable bonds is 2. The molecule has 0 bridgehead atoms. The summed E-state index contributed by atoms with van der Waals surface area (Å²) in [6.07, 6.45) is 1.54. The molecule has 1 aromatic rings. The maximum absolute atomic E-state index is 12.0. The number of carbonyl (C=O) groups is 1. The van der Waals surface area contributed by atoms with E-state index in [0.717, 1.165) is 31.7 Å². The number of benzene rings is 1. The van der Waals surface area contributed by atoms with Crippen LogP contribution in [0.1, 0.15) is 25.3 Å². The Kier molecular flexibility index (Phi) is 5.45. The van der Waals surface area contributed by atoms with Crippen LogP contribution in [0.3, 0.4) is 0 Å². The van der Waals surface area contributed by atoms with Crippen molar-refractivity contribution in [1.29, 1.82) is 0 Å². The van der Waals surface area contributed by atoms with E-state index in [2.05, 4.69) is 11.4 Å². The van der Waals surface area contributed by atoms with Crippen LogP contribution < -0.4 is 10.2 Å². The van der Waals surface area contributed by atoms with E-state index in [4.69, 9.17) is 0 Å². The van der Waals surface area contributed by atoms with Gasteiger partial charge >= 0.3 is 0 Å². The van der Waals surface area contributed by atoms with Gasteiger partial charge in [-0.25, -0.2) is 0 Å². The van der Waals surface area contributed by atoms with Crippen LogP contribution in [0.25, 0.3) is 0 Å². The molecule has 4 heteroatoms. The molecule has 1 amide bonds. The quantitative estimate of drug-likeness (QED) is 0.879. The first kappa shape index (κ1) is 14.0. The second-order valence-electron chi connectivity index (χ2n) is 4.10. The fraction of sp³-hybridized carbons (Fsp3) is 0.462. The standard InChI is InChI=1S/C13H18N2O.ClH/c1-2-5-13(16)15-9-8-14-10-11-6-3-4-7-12(11)15;/h3-4,6-7,14H,2,5,8-10H2,1H3;1H. The molecule has 0 fully saturated rings. The van der Waals surface area contributed by atoms with Crippen LogP contribution in [0.5, 0.6) is 0 Å². The first-order valence-electron chi connectivity index (χ1n) is 5.92. The van der Waals surface area contributed by atoms with E-state index >= 15 is 0 Å². The fourth-order valence-electron chi connectivity index (χ4n) is 2.07. The van der Waals surface area contributed by atoms with Crippen LogP contribution >= 0.6 is 12.4 Å². The third-order valence-electron chi connectivity index (χ3n) is 2.87. The van der Waals surface area contributed by atoms with Crippen molar-refractivity contribution in [3.05, 3.63) is 29.8 Å². The zero-order valence-electron chi connectivity index (χ0n) is 10.1. The predicted molar refractivity (Wildman–Crippen MR) is 72.7 cm³/mol. The first-order valence-corrected chi connectivity index (χ1v) is 5.92. The number of nitrogens with zero attached hydrogens (tertiary/aromatic N) is 1. The highest BCUT2D eigenvalue weighted by Crippen LogP contribution is 2.22. The zero-order valence-corrected chi connectivity index (χ0v) is 10.9. The van der Waals surface area contributed by atoms with Crippen LogP contribution in [-0.2, 0) is 11.3 Å². The predicted octanol–water partition coefficient (Wildman–Crippen LogP) is 2.34. The summed E-state index contributed by atoms with van der Waals surface area (Å²) in [7, 11) is 0. The molecule has 1 aliphatic heterocycles. The maximum Gasteiger partial charge on any atom is 0.227 e. The number of nitrogens with one attached hydrogen (secondary N) is 1. The van der Waals surface area contributed by atoms with Crippen molar-refractivity contribution in [2.75, 3.05) is 18.0 Å². The lowest BCUT2D eigenvalue weighted by Crippen LogP contribution is -2.34. The molecule has 0 aromatic heterocycles. The molecule has 0 saturated carbocycles. The molecule has 1 aromatic carbocycles. The Labute approximate surface area is 109 Å². The van der Waals surface area contributed by atoms with Gasteiger partial charge < -0.3 is 10.2 Å². The third-order valence-corrected chi connectivity index (χ3v) is 2.87. The minimum Gasteiger partial charge on any atom is -0.311 e. The van der Waals surface area contributed by atoms with Gasteiger partial charge in [0.15, 0.2) is 0 Å². The zero-order chi connectivity index (χ0) is 11.4. The number of hydrogen-bond donors (Lipinski definition) is 1. The maximum atomic E-state index is 12.0. The van der Waals surface area contributed by atoms with Crippen LogP contribution in [0.4, 0.5) is 5.69 Å². The fourth-order valence-corrected chi connectivity index (χ4v) is 2.07. The Hall–Kier alpha value is -1.06. The van der Waals surface area contributed by atoms with Gasteiger partial charge in [0.25, 0.3) is 0 Å². The Morgan fingerprint density at radius 1 is 1.41 bits per heavy atom. The highest BCUT2D eigenvalue weighted by atomic mass is 35.5. The van der Waals surface area contributed by atoms with E-state index in [-0.39, 0.29) is 18.3 Å². The summed E-state index contributed by atoms with van der Waals surface area (Å²) in [5.41, 5.74) is 2.29. The number of hydrogen-bond acceptors (Lipinski definition) is 2. The molecular formula is C13H19ClN2O. The van der Waals surface area contributed by atoms with Crippen molar-refractivity contribution in [1.82, 2.24) is 5.32 Å². The monoisotopic (exact) mass is 254 g/mol. The molecule has 0 atom stereocenters. The Balaban J connectivity index is 0.00000144. The van der Waals surface area contributed by atoms with E-state index in [0.29, 0.717) is 6.42 Å². The summed E-state index contributed by atoms with van der Waals surface area (Å²) in [6, 6.07) is 8.14. The third kappa shape index (κ3) is 3.20. The molecule has 1 N–H and O–H groups in total. The van der Waals surface area contributed by atoms with Crippen LogP contribution in [0.15, 0.2) is 24.3 Å². The molecule has 0 spiro atoms. The molecule has 1 heterocycles. The SMILES string of the molecule is CCCC(=O)N1CCNCc2ccccc21.Cl. The highest BCUT2D eigenvalue weighted by Gasteiger charge is 2.19. The lowest BCUT2D eigenvalue weighted by Gasteiger charge is -2.22. The molecular weight excluding hydrogens is 236 g/mol. The van der Waals surface area contributed by atoms with Crippen LogP contribution in [-0.4, -0.2) is 19.0 Å². The largest absolute Gasteiger partial charge is 0.311 e. The minimum absolute atomic E-state index is 0. The van der Waals surface area contributed by atoms with Crippen molar-refractivity contribution >= 4 is 24.0 Å². The van der Waals surface area contributed by atoms with Gasteiger partial charge in [0.2, 0.25) is 5.91 Å². The van der Waals surface area contributed by atoms with Crippen LogP contribution in [0, 0.1) is 0 Å². The van der Waals surface area contributed by atoms with Crippen molar-refractivity contribution in [3.63, 3.8) is 0 Å². The van der Waals surface area contributed by atoms with E-state index in [1.54, 1.807) is 0 Å². The molecule has 3 nitrogen and oxygen atoms in total. The smallest absolute Gasteiger partial charge is 0.227 e.